The molecule has 63 heavy (non-hydrogen) atoms. The summed E-state index contributed by atoms with van der Waals surface area (Å²) in [5.74, 6) is -3.77. The smallest absolute Gasteiger partial charge is 0.407 e. The van der Waals surface area contributed by atoms with Crippen molar-refractivity contribution in [1.29, 1.82) is 0 Å². The number of aliphatic carboxylic acids is 1. The third-order valence-corrected chi connectivity index (χ3v) is 10.4. The Kier molecular flexibility index (Phi) is 18.9. The van der Waals surface area contributed by atoms with E-state index in [2.05, 4.69) is 21.3 Å². The number of carbonyl (C=O) groups excluding carboxylic acids is 5. The molecule has 3 aromatic rings. The first kappa shape index (κ1) is 49.6. The Morgan fingerprint density at radius 2 is 1.62 bits per heavy atom. The lowest BCUT2D eigenvalue weighted by molar-refractivity contribution is -0.144. The number of hydrogen-bond donors (Lipinski definition) is 7. The Labute approximate surface area is 369 Å². The summed E-state index contributed by atoms with van der Waals surface area (Å²) in [5, 5.41) is 20.0. The largest absolute Gasteiger partial charge is 0.496 e. The fourth-order valence-electron chi connectivity index (χ4n) is 7.00. The van der Waals surface area contributed by atoms with Crippen LogP contribution in [-0.2, 0) is 41.5 Å². The minimum Gasteiger partial charge on any atom is -0.496 e. The minimum absolute atomic E-state index is 0.127. The molecule has 0 aliphatic carbocycles. The van der Waals surface area contributed by atoms with Crippen LogP contribution >= 0.6 is 0 Å². The molecule has 0 saturated heterocycles. The van der Waals surface area contributed by atoms with Crippen LogP contribution in [0.25, 0.3) is 11.1 Å². The molecular weight excluding hydrogens is 811 g/mol. The number of methoxy groups -OCH3 is 1. The van der Waals surface area contributed by atoms with Gasteiger partial charge in [-0.1, -0.05) is 42.5 Å². The van der Waals surface area contributed by atoms with Crippen LogP contribution in [-0.4, -0.2) is 110 Å². The second-order valence-corrected chi connectivity index (χ2v) is 16.5. The molecule has 0 saturated carbocycles. The zero-order valence-corrected chi connectivity index (χ0v) is 36.9. The summed E-state index contributed by atoms with van der Waals surface area (Å²) >= 11 is 0. The van der Waals surface area contributed by atoms with Crippen molar-refractivity contribution in [3.05, 3.63) is 89.0 Å². The summed E-state index contributed by atoms with van der Waals surface area (Å²) in [6.45, 7) is 6.02. The van der Waals surface area contributed by atoms with E-state index in [9.17, 15) is 33.9 Å². The molecule has 0 fully saturated rings. The zero-order chi connectivity index (χ0) is 46.1. The number of fused-ring (bicyclic) bond motifs is 2. The van der Waals surface area contributed by atoms with Gasteiger partial charge in [-0.05, 0) is 131 Å². The molecule has 9 N–H and O–H groups in total. The number of nitrogens with zero attached hydrogens (tertiary/aromatic N) is 1. The fraction of sp³-hybridized carbons (Fsp3) is 0.478. The van der Waals surface area contributed by atoms with E-state index in [1.807, 2.05) is 36.4 Å². The van der Waals surface area contributed by atoms with E-state index in [0.29, 0.717) is 55.5 Å². The first-order valence-electron chi connectivity index (χ1n) is 21.3. The molecule has 17 heteroatoms. The number of carboxylic acid groups (broad SMARTS) is 1. The van der Waals surface area contributed by atoms with Gasteiger partial charge in [0, 0.05) is 25.8 Å². The van der Waals surface area contributed by atoms with Gasteiger partial charge >= 0.3 is 12.1 Å². The van der Waals surface area contributed by atoms with Gasteiger partial charge in [-0.15, -0.1) is 0 Å². The van der Waals surface area contributed by atoms with Gasteiger partial charge in [0.05, 0.1) is 13.7 Å². The fourth-order valence-corrected chi connectivity index (χ4v) is 7.00. The molecule has 4 atom stereocenters. The van der Waals surface area contributed by atoms with Crippen molar-refractivity contribution in [1.82, 2.24) is 26.2 Å². The molecule has 1 heterocycles. The summed E-state index contributed by atoms with van der Waals surface area (Å²) in [4.78, 5) is 81.3. The van der Waals surface area contributed by atoms with Gasteiger partial charge in [0.25, 0.3) is 11.8 Å². The lowest BCUT2D eigenvalue weighted by Crippen LogP contribution is -2.59. The molecule has 4 unspecified atom stereocenters. The zero-order valence-electron chi connectivity index (χ0n) is 36.9. The lowest BCUT2D eigenvalue weighted by atomic mass is 9.97. The Bertz CT molecular complexity index is 2020. The molecule has 0 spiro atoms. The highest BCUT2D eigenvalue weighted by atomic mass is 16.6. The molecule has 3 aromatic carbocycles. The minimum atomic E-state index is -1.71. The summed E-state index contributed by atoms with van der Waals surface area (Å²) in [5.41, 5.74) is 15.5. The van der Waals surface area contributed by atoms with E-state index < -0.39 is 65.6 Å². The number of hydrogen-bond acceptors (Lipinski definition) is 11. The number of carbonyl (C=O) groups is 6. The average molecular weight is 874 g/mol. The summed E-state index contributed by atoms with van der Waals surface area (Å²) < 4.78 is 16.5. The number of rotatable bonds is 15. The first-order chi connectivity index (χ1) is 30.0. The molecular formula is C46H63N7O10. The average Bonchev–Trinajstić information content (AvgIpc) is 3.24. The van der Waals surface area contributed by atoms with Crippen LogP contribution in [0.5, 0.6) is 5.75 Å². The van der Waals surface area contributed by atoms with Gasteiger partial charge in [0.1, 0.15) is 23.4 Å². The molecule has 1 aliphatic rings. The van der Waals surface area contributed by atoms with Crippen molar-refractivity contribution < 1.29 is 48.1 Å². The highest BCUT2D eigenvalue weighted by Crippen LogP contribution is 2.29. The number of likely N-dealkylation sites (N-methyl/N-ethyl adjacent to an activating group) is 1. The van der Waals surface area contributed by atoms with E-state index >= 15 is 0 Å². The number of ether oxygens (including phenoxy) is 3. The Hall–Kier alpha value is -6.04. The van der Waals surface area contributed by atoms with Crippen molar-refractivity contribution >= 4 is 35.7 Å². The number of aryl methyl sites for hydroxylation is 2. The van der Waals surface area contributed by atoms with Crippen molar-refractivity contribution in [3.8, 4) is 16.9 Å². The van der Waals surface area contributed by atoms with Gasteiger partial charge in [-0.25, -0.2) is 9.59 Å². The van der Waals surface area contributed by atoms with Crippen molar-refractivity contribution in [2.45, 2.75) is 102 Å². The van der Waals surface area contributed by atoms with Crippen LogP contribution < -0.4 is 37.5 Å². The van der Waals surface area contributed by atoms with Crippen molar-refractivity contribution in [2.75, 3.05) is 40.5 Å². The first-order valence-corrected chi connectivity index (χ1v) is 21.3. The Morgan fingerprint density at radius 3 is 2.25 bits per heavy atom. The molecule has 4 rings (SSSR count). The topological polar surface area (TPSA) is 254 Å². The maximum atomic E-state index is 14.7. The number of carboxylic acids is 1. The van der Waals surface area contributed by atoms with Gasteiger partial charge in [0.15, 0.2) is 12.2 Å². The maximum Gasteiger partial charge on any atom is 0.407 e. The van der Waals surface area contributed by atoms with Crippen LogP contribution in [0, 0.1) is 0 Å². The molecule has 0 radical (unpaired) electrons. The number of alkyl carbamates (subject to hydrolysis) is 1. The predicted molar refractivity (Wildman–Crippen MR) is 237 cm³/mol. The van der Waals surface area contributed by atoms with Gasteiger partial charge in [-0.2, -0.15) is 0 Å². The van der Waals surface area contributed by atoms with Crippen LogP contribution in [0.15, 0.2) is 66.7 Å². The second kappa shape index (κ2) is 24.0. The summed E-state index contributed by atoms with van der Waals surface area (Å²) in [6, 6.07) is 16.2. The maximum absolute atomic E-state index is 14.7. The van der Waals surface area contributed by atoms with Gasteiger partial charge in [-0.3, -0.25) is 19.2 Å². The van der Waals surface area contributed by atoms with E-state index in [1.165, 1.54) is 24.6 Å². The molecule has 1 aliphatic heterocycles. The van der Waals surface area contributed by atoms with Crippen molar-refractivity contribution in [2.24, 2.45) is 11.5 Å². The third-order valence-electron chi connectivity index (χ3n) is 10.4. The number of amides is 5. The summed E-state index contributed by atoms with van der Waals surface area (Å²) in [7, 11) is 2.93. The van der Waals surface area contributed by atoms with Crippen LogP contribution in [0.4, 0.5) is 4.79 Å². The lowest BCUT2D eigenvalue weighted by Gasteiger charge is -2.32. The normalized spacial score (nSPS) is 17.9. The van der Waals surface area contributed by atoms with Gasteiger partial charge in [0.2, 0.25) is 11.8 Å². The number of benzene rings is 3. The summed E-state index contributed by atoms with van der Waals surface area (Å²) in [6.07, 6.45) is 2.08. The number of unbranched alkanes of at least 4 members (excludes halogenated alkanes) is 1. The standard InChI is InChI=1S/C46H63N7O10/c1-46(2,3)63-45(60)49-25-8-6-13-35(50-40(54)32-20-18-31(19-21-32)30-16-14-29(15-17-30)11-10-24-47)43(57)53(4)38-34-22-23-37(61-5)33(27-34)12-7-9-26-62-28-36(44(58)59)51-42(56)39(48)52-41(38)55/h14-23,27,35-36,38-39H,6-13,24-26,28,47-48H2,1-5H3,(H,49,60)(H,50,54)(H,51,56)(H,52,55)(H,58,59). The second-order valence-electron chi connectivity index (χ2n) is 16.5. The Morgan fingerprint density at radius 1 is 0.937 bits per heavy atom. The molecule has 2 bridgehead atoms. The highest BCUT2D eigenvalue weighted by Gasteiger charge is 2.36. The number of nitrogens with two attached hydrogens (primary N) is 2. The SMILES string of the molecule is COc1ccc2cc1CCCCOCC(C(=O)O)NC(=O)C(N)NC(=O)C2N(C)C(=O)C(CCCCNC(=O)OC(C)(C)C)NC(=O)c1ccc(-c2ccc(CCCN)cc2)cc1. The van der Waals surface area contributed by atoms with Crippen LogP contribution in [0.1, 0.15) is 92.4 Å². The van der Waals surface area contributed by atoms with Crippen LogP contribution in [0.3, 0.4) is 0 Å². The van der Waals surface area contributed by atoms with E-state index in [1.54, 1.807) is 51.1 Å². The van der Waals surface area contributed by atoms with Crippen molar-refractivity contribution in [3.63, 3.8) is 0 Å². The van der Waals surface area contributed by atoms with Crippen LogP contribution in [0.2, 0.25) is 0 Å². The molecule has 342 valence electrons. The molecule has 0 aromatic heterocycles. The number of nitrogens with one attached hydrogen (secondary N) is 4. The van der Waals surface area contributed by atoms with Gasteiger partial charge < -0.3 is 57.0 Å². The Balaban J connectivity index is 1.63. The third kappa shape index (κ3) is 15.4. The molecule has 17 nitrogen and oxygen atoms in total. The monoisotopic (exact) mass is 873 g/mol. The van der Waals surface area contributed by atoms with E-state index in [4.69, 9.17) is 25.7 Å². The van der Waals surface area contributed by atoms with E-state index in [0.717, 1.165) is 29.5 Å². The quantitative estimate of drug-likeness (QED) is 0.108. The molecule has 5 amide bonds. The van der Waals surface area contributed by atoms with E-state index in [-0.39, 0.29) is 26.2 Å². The predicted octanol–water partition coefficient (Wildman–Crippen LogP) is 3.57. The highest BCUT2D eigenvalue weighted by molar-refractivity contribution is 5.99.